The zero-order valence-electron chi connectivity index (χ0n) is 10.8. The van der Waals surface area contributed by atoms with E-state index < -0.39 is 0 Å². The molecule has 19 heavy (non-hydrogen) atoms. The molecule has 1 aromatic heterocycles. The number of nitrogen functional groups attached to an aromatic ring is 1. The molecule has 0 aliphatic heterocycles. The van der Waals surface area contributed by atoms with Gasteiger partial charge in [0.2, 0.25) is 5.91 Å². The van der Waals surface area contributed by atoms with Gasteiger partial charge < -0.3 is 11.1 Å². The van der Waals surface area contributed by atoms with Crippen LogP contribution < -0.4 is 11.1 Å². The summed E-state index contributed by atoms with van der Waals surface area (Å²) in [6.45, 7) is 1.13. The summed E-state index contributed by atoms with van der Waals surface area (Å²) in [4.78, 5) is 15.1. The number of carbonyl (C=O) groups is 1. The summed E-state index contributed by atoms with van der Waals surface area (Å²) in [7, 11) is 1.93. The Balaban J connectivity index is 1.84. The van der Waals surface area contributed by atoms with Crippen LogP contribution in [0.3, 0.4) is 0 Å². The second kappa shape index (κ2) is 6.36. The first-order valence-electron chi connectivity index (χ1n) is 6.00. The van der Waals surface area contributed by atoms with Crippen LogP contribution in [0.15, 0.2) is 41.8 Å². The average molecular weight is 275 g/mol. The van der Waals surface area contributed by atoms with Crippen LogP contribution in [-0.2, 0) is 11.3 Å². The van der Waals surface area contributed by atoms with Gasteiger partial charge in [-0.25, -0.2) is 0 Å². The second-order valence-corrected chi connectivity index (χ2v) is 5.46. The Bertz CT molecular complexity index is 539. The number of nitrogens with one attached hydrogen (secondary N) is 1. The first-order valence-corrected chi connectivity index (χ1v) is 6.88. The van der Waals surface area contributed by atoms with Gasteiger partial charge in [0.15, 0.2) is 0 Å². The number of benzene rings is 1. The summed E-state index contributed by atoms with van der Waals surface area (Å²) >= 11 is 1.69. The molecule has 0 saturated carbocycles. The van der Waals surface area contributed by atoms with Crippen molar-refractivity contribution in [3.05, 3.63) is 46.7 Å². The van der Waals surface area contributed by atoms with E-state index in [1.165, 1.54) is 4.88 Å². The van der Waals surface area contributed by atoms with Crippen molar-refractivity contribution < 1.29 is 4.79 Å². The molecule has 1 heterocycles. The van der Waals surface area contributed by atoms with E-state index in [9.17, 15) is 4.79 Å². The van der Waals surface area contributed by atoms with Crippen molar-refractivity contribution in [3.63, 3.8) is 0 Å². The number of nitrogens with two attached hydrogens (primary N) is 1. The Morgan fingerprint density at radius 3 is 2.89 bits per heavy atom. The van der Waals surface area contributed by atoms with Crippen LogP contribution in [-0.4, -0.2) is 24.4 Å². The van der Waals surface area contributed by atoms with Crippen LogP contribution in [0.4, 0.5) is 11.4 Å². The molecular formula is C14H17N3OS. The fourth-order valence-electron chi connectivity index (χ4n) is 1.79. The highest BCUT2D eigenvalue weighted by Gasteiger charge is 2.08. The Hall–Kier alpha value is -1.85. The molecule has 1 aromatic carbocycles. The van der Waals surface area contributed by atoms with Gasteiger partial charge in [0.05, 0.1) is 6.54 Å². The van der Waals surface area contributed by atoms with Crippen LogP contribution in [0, 0.1) is 0 Å². The standard InChI is InChI=1S/C14H17N3OS/c1-17(9-13-6-3-7-19-13)10-14(18)16-12-5-2-4-11(15)8-12/h2-8H,9-10,15H2,1H3,(H,16,18). The molecule has 0 saturated heterocycles. The average Bonchev–Trinajstić information content (AvgIpc) is 2.81. The smallest absolute Gasteiger partial charge is 0.238 e. The third kappa shape index (κ3) is 4.39. The van der Waals surface area contributed by atoms with Gasteiger partial charge in [0.25, 0.3) is 0 Å². The number of amides is 1. The number of anilines is 2. The fraction of sp³-hybridized carbons (Fsp3) is 0.214. The Labute approximate surface area is 116 Å². The molecule has 100 valence electrons. The van der Waals surface area contributed by atoms with E-state index in [4.69, 9.17) is 5.73 Å². The molecule has 5 heteroatoms. The van der Waals surface area contributed by atoms with E-state index in [2.05, 4.69) is 11.4 Å². The molecule has 0 aliphatic carbocycles. The molecule has 0 fully saturated rings. The van der Waals surface area contributed by atoms with Gasteiger partial charge in [-0.1, -0.05) is 12.1 Å². The number of hydrogen-bond acceptors (Lipinski definition) is 4. The highest BCUT2D eigenvalue weighted by molar-refractivity contribution is 7.09. The minimum atomic E-state index is -0.0374. The molecule has 0 unspecified atom stereocenters. The lowest BCUT2D eigenvalue weighted by molar-refractivity contribution is -0.117. The molecule has 0 aliphatic rings. The van der Waals surface area contributed by atoms with Gasteiger partial charge >= 0.3 is 0 Å². The Kier molecular flexibility index (Phi) is 4.54. The van der Waals surface area contributed by atoms with Gasteiger partial charge in [0.1, 0.15) is 0 Å². The molecule has 4 nitrogen and oxygen atoms in total. The minimum Gasteiger partial charge on any atom is -0.399 e. The van der Waals surface area contributed by atoms with E-state index in [-0.39, 0.29) is 5.91 Å². The van der Waals surface area contributed by atoms with Crippen molar-refractivity contribution in [1.82, 2.24) is 4.90 Å². The van der Waals surface area contributed by atoms with E-state index in [1.54, 1.807) is 23.5 Å². The maximum atomic E-state index is 11.9. The van der Waals surface area contributed by atoms with Crippen LogP contribution in [0.5, 0.6) is 0 Å². The van der Waals surface area contributed by atoms with Crippen LogP contribution in [0.2, 0.25) is 0 Å². The zero-order chi connectivity index (χ0) is 13.7. The lowest BCUT2D eigenvalue weighted by Crippen LogP contribution is -2.29. The van der Waals surface area contributed by atoms with Gasteiger partial charge in [-0.05, 0) is 36.7 Å². The normalized spacial score (nSPS) is 10.6. The van der Waals surface area contributed by atoms with Gasteiger partial charge in [0, 0.05) is 22.8 Å². The number of nitrogens with zero attached hydrogens (tertiary/aromatic N) is 1. The quantitative estimate of drug-likeness (QED) is 0.824. The third-order valence-electron chi connectivity index (χ3n) is 2.59. The van der Waals surface area contributed by atoms with Gasteiger partial charge in [-0.15, -0.1) is 11.3 Å². The fourth-order valence-corrected chi connectivity index (χ4v) is 2.57. The molecule has 2 rings (SSSR count). The molecule has 0 atom stereocenters. The van der Waals surface area contributed by atoms with Crippen molar-refractivity contribution >= 4 is 28.6 Å². The lowest BCUT2D eigenvalue weighted by atomic mass is 10.3. The number of thiophene rings is 1. The summed E-state index contributed by atoms with van der Waals surface area (Å²) in [6.07, 6.45) is 0. The highest BCUT2D eigenvalue weighted by Crippen LogP contribution is 2.13. The first kappa shape index (κ1) is 13.6. The summed E-state index contributed by atoms with van der Waals surface area (Å²) < 4.78 is 0. The van der Waals surface area contributed by atoms with Crippen molar-refractivity contribution in [2.24, 2.45) is 0 Å². The van der Waals surface area contributed by atoms with Gasteiger partial charge in [-0.3, -0.25) is 9.69 Å². The summed E-state index contributed by atoms with van der Waals surface area (Å²) in [5.41, 5.74) is 7.04. The molecule has 0 spiro atoms. The van der Waals surface area contributed by atoms with E-state index in [0.29, 0.717) is 12.2 Å². The molecule has 2 aromatic rings. The zero-order valence-corrected chi connectivity index (χ0v) is 11.6. The topological polar surface area (TPSA) is 58.4 Å². The van der Waals surface area contributed by atoms with Crippen LogP contribution in [0.1, 0.15) is 4.88 Å². The molecule has 0 radical (unpaired) electrons. The molecule has 3 N–H and O–H groups in total. The van der Waals surface area contributed by atoms with Gasteiger partial charge in [-0.2, -0.15) is 0 Å². The number of likely N-dealkylation sites (N-methyl/N-ethyl adjacent to an activating group) is 1. The summed E-state index contributed by atoms with van der Waals surface area (Å²) in [5.74, 6) is -0.0374. The minimum absolute atomic E-state index is 0.0374. The summed E-state index contributed by atoms with van der Waals surface area (Å²) in [6, 6.07) is 11.3. The predicted octanol–water partition coefficient (Wildman–Crippen LogP) is 2.40. The number of rotatable bonds is 5. The molecule has 0 bridgehead atoms. The van der Waals surface area contributed by atoms with E-state index in [0.717, 1.165) is 12.2 Å². The molecular weight excluding hydrogens is 258 g/mol. The van der Waals surface area contributed by atoms with Crippen LogP contribution >= 0.6 is 11.3 Å². The van der Waals surface area contributed by atoms with Crippen molar-refractivity contribution in [2.75, 3.05) is 24.6 Å². The second-order valence-electron chi connectivity index (χ2n) is 4.43. The maximum absolute atomic E-state index is 11.9. The molecule has 1 amide bonds. The highest BCUT2D eigenvalue weighted by atomic mass is 32.1. The van der Waals surface area contributed by atoms with Crippen molar-refractivity contribution in [1.29, 1.82) is 0 Å². The third-order valence-corrected chi connectivity index (χ3v) is 3.45. The van der Waals surface area contributed by atoms with E-state index in [1.807, 2.05) is 35.5 Å². The summed E-state index contributed by atoms with van der Waals surface area (Å²) in [5, 5.41) is 4.87. The largest absolute Gasteiger partial charge is 0.399 e. The Morgan fingerprint density at radius 2 is 2.21 bits per heavy atom. The SMILES string of the molecule is CN(CC(=O)Nc1cccc(N)c1)Cc1cccs1. The predicted molar refractivity (Wildman–Crippen MR) is 80.1 cm³/mol. The first-order chi connectivity index (χ1) is 9.13. The monoisotopic (exact) mass is 275 g/mol. The lowest BCUT2D eigenvalue weighted by Gasteiger charge is -2.15. The van der Waals surface area contributed by atoms with Crippen molar-refractivity contribution in [3.8, 4) is 0 Å². The van der Waals surface area contributed by atoms with E-state index >= 15 is 0 Å². The van der Waals surface area contributed by atoms with Crippen molar-refractivity contribution in [2.45, 2.75) is 6.54 Å². The Morgan fingerprint density at radius 1 is 1.37 bits per heavy atom. The number of hydrogen-bond donors (Lipinski definition) is 2. The van der Waals surface area contributed by atoms with Crippen LogP contribution in [0.25, 0.3) is 0 Å². The number of carbonyl (C=O) groups excluding carboxylic acids is 1. The maximum Gasteiger partial charge on any atom is 0.238 e.